The van der Waals surface area contributed by atoms with Gasteiger partial charge in [0.1, 0.15) is 0 Å². The molecule has 1 atom stereocenters. The fourth-order valence-corrected chi connectivity index (χ4v) is 3.55. The van der Waals surface area contributed by atoms with E-state index in [0.717, 1.165) is 19.3 Å². The van der Waals surface area contributed by atoms with E-state index >= 15 is 0 Å². The Bertz CT molecular complexity index is 846. The van der Waals surface area contributed by atoms with Crippen molar-refractivity contribution in [2.45, 2.75) is 32.2 Å². The predicted molar refractivity (Wildman–Crippen MR) is 103 cm³/mol. The van der Waals surface area contributed by atoms with Crippen LogP contribution < -0.4 is 9.47 Å². The largest absolute Gasteiger partial charge is 0.493 e. The molecule has 1 aliphatic rings. The molecule has 0 saturated heterocycles. The van der Waals surface area contributed by atoms with E-state index in [-0.39, 0.29) is 24.3 Å². The smallest absolute Gasteiger partial charge is 0.260 e. The molecule has 0 fully saturated rings. The van der Waals surface area contributed by atoms with E-state index in [9.17, 15) is 9.59 Å². The summed E-state index contributed by atoms with van der Waals surface area (Å²) in [4.78, 5) is 26.0. The standard InChI is InChI=1S/C22H25NO4/c1-15(24)17-11-12-20(21(13-17)26-3)27-14-22(25)23(2)19-10-6-8-16-7-4-5-9-18(16)19/h4-5,7,9,11-13,19H,6,8,10,14H2,1-3H3/t19-/m1/s1. The molecule has 27 heavy (non-hydrogen) atoms. The quantitative estimate of drug-likeness (QED) is 0.729. The minimum atomic E-state index is -0.0885. The summed E-state index contributed by atoms with van der Waals surface area (Å²) in [7, 11) is 3.34. The van der Waals surface area contributed by atoms with Crippen LogP contribution >= 0.6 is 0 Å². The molecule has 0 aromatic heterocycles. The van der Waals surface area contributed by atoms with Crippen LogP contribution in [0.4, 0.5) is 0 Å². The molecule has 0 N–H and O–H groups in total. The Balaban J connectivity index is 1.69. The molecule has 1 amide bonds. The van der Waals surface area contributed by atoms with Crippen molar-refractivity contribution in [3.63, 3.8) is 0 Å². The highest BCUT2D eigenvalue weighted by atomic mass is 16.5. The molecule has 142 valence electrons. The molecule has 0 aliphatic heterocycles. The summed E-state index contributed by atoms with van der Waals surface area (Å²) >= 11 is 0. The van der Waals surface area contributed by atoms with Gasteiger partial charge < -0.3 is 14.4 Å². The summed E-state index contributed by atoms with van der Waals surface area (Å²) in [5.41, 5.74) is 3.08. The van der Waals surface area contributed by atoms with Gasteiger partial charge in [-0.3, -0.25) is 9.59 Å². The second-order valence-corrected chi connectivity index (χ2v) is 6.82. The maximum atomic E-state index is 12.7. The van der Waals surface area contributed by atoms with Gasteiger partial charge in [0.2, 0.25) is 0 Å². The van der Waals surface area contributed by atoms with Gasteiger partial charge in [0, 0.05) is 12.6 Å². The van der Waals surface area contributed by atoms with E-state index in [0.29, 0.717) is 17.1 Å². The van der Waals surface area contributed by atoms with E-state index in [2.05, 4.69) is 12.1 Å². The first kappa shape index (κ1) is 19.0. The van der Waals surface area contributed by atoms with Crippen molar-refractivity contribution in [3.05, 3.63) is 59.2 Å². The number of carbonyl (C=O) groups is 2. The second kappa shape index (κ2) is 8.25. The first-order valence-electron chi connectivity index (χ1n) is 9.16. The topological polar surface area (TPSA) is 55.8 Å². The van der Waals surface area contributed by atoms with Crippen molar-refractivity contribution in [1.29, 1.82) is 0 Å². The van der Waals surface area contributed by atoms with Gasteiger partial charge in [0.15, 0.2) is 23.9 Å². The number of ether oxygens (including phenoxy) is 2. The van der Waals surface area contributed by atoms with Gasteiger partial charge >= 0.3 is 0 Å². The van der Waals surface area contributed by atoms with Gasteiger partial charge in [0.05, 0.1) is 13.2 Å². The molecular formula is C22H25NO4. The van der Waals surface area contributed by atoms with Crippen LogP contribution in [0.2, 0.25) is 0 Å². The normalized spacial score (nSPS) is 15.6. The van der Waals surface area contributed by atoms with Crippen LogP contribution in [0.25, 0.3) is 0 Å². The van der Waals surface area contributed by atoms with Crippen LogP contribution in [0.1, 0.15) is 47.3 Å². The lowest BCUT2D eigenvalue weighted by Crippen LogP contribution is -2.36. The van der Waals surface area contributed by atoms with Crippen molar-refractivity contribution in [1.82, 2.24) is 4.90 Å². The zero-order valence-corrected chi connectivity index (χ0v) is 16.0. The zero-order valence-electron chi connectivity index (χ0n) is 16.0. The average Bonchev–Trinajstić information content (AvgIpc) is 2.70. The lowest BCUT2D eigenvalue weighted by atomic mass is 9.87. The van der Waals surface area contributed by atoms with Crippen molar-refractivity contribution in [3.8, 4) is 11.5 Å². The van der Waals surface area contributed by atoms with Crippen LogP contribution in [0.15, 0.2) is 42.5 Å². The predicted octanol–water partition coefficient (Wildman–Crippen LogP) is 3.81. The first-order chi connectivity index (χ1) is 13.0. The Kier molecular flexibility index (Phi) is 5.79. The number of fused-ring (bicyclic) bond motifs is 1. The summed E-state index contributed by atoms with van der Waals surface area (Å²) in [5.74, 6) is 0.760. The third-order valence-corrected chi connectivity index (χ3v) is 5.12. The van der Waals surface area contributed by atoms with Crippen LogP contribution in [-0.4, -0.2) is 37.4 Å². The number of amides is 1. The van der Waals surface area contributed by atoms with E-state index in [4.69, 9.17) is 9.47 Å². The van der Waals surface area contributed by atoms with Crippen molar-refractivity contribution in [2.24, 2.45) is 0 Å². The monoisotopic (exact) mass is 367 g/mol. The number of ketones is 1. The third kappa shape index (κ3) is 4.13. The Morgan fingerprint density at radius 2 is 1.93 bits per heavy atom. The van der Waals surface area contributed by atoms with Crippen LogP contribution in [-0.2, 0) is 11.2 Å². The number of Topliss-reactive ketones (excluding diaryl/α,β-unsaturated/α-hetero) is 1. The first-order valence-corrected chi connectivity index (χ1v) is 9.16. The molecule has 2 aromatic rings. The number of rotatable bonds is 6. The number of methoxy groups -OCH3 is 1. The summed E-state index contributed by atoms with van der Waals surface area (Å²) in [6.07, 6.45) is 3.08. The summed E-state index contributed by atoms with van der Waals surface area (Å²) in [6.45, 7) is 1.42. The number of benzene rings is 2. The Labute approximate surface area is 159 Å². The van der Waals surface area contributed by atoms with Gasteiger partial charge in [-0.2, -0.15) is 0 Å². The van der Waals surface area contributed by atoms with Crippen molar-refractivity contribution in [2.75, 3.05) is 20.8 Å². The maximum absolute atomic E-state index is 12.7. The van der Waals surface area contributed by atoms with E-state index in [1.54, 1.807) is 23.1 Å². The van der Waals surface area contributed by atoms with E-state index in [1.807, 2.05) is 19.2 Å². The second-order valence-electron chi connectivity index (χ2n) is 6.82. The van der Waals surface area contributed by atoms with Gasteiger partial charge in [-0.1, -0.05) is 24.3 Å². The summed E-state index contributed by atoms with van der Waals surface area (Å²) < 4.78 is 11.0. The van der Waals surface area contributed by atoms with Crippen LogP contribution in [0.3, 0.4) is 0 Å². The lowest BCUT2D eigenvalue weighted by Gasteiger charge is -2.33. The molecule has 1 aliphatic carbocycles. The summed E-state index contributed by atoms with van der Waals surface area (Å²) in [5, 5.41) is 0. The molecule has 0 radical (unpaired) electrons. The molecule has 2 aromatic carbocycles. The van der Waals surface area contributed by atoms with Crippen LogP contribution in [0, 0.1) is 0 Å². The van der Waals surface area contributed by atoms with Crippen molar-refractivity contribution < 1.29 is 19.1 Å². The maximum Gasteiger partial charge on any atom is 0.260 e. The molecule has 3 rings (SSSR count). The fraction of sp³-hybridized carbons (Fsp3) is 0.364. The van der Waals surface area contributed by atoms with E-state index in [1.165, 1.54) is 25.2 Å². The van der Waals surface area contributed by atoms with Gasteiger partial charge in [-0.25, -0.2) is 0 Å². The SMILES string of the molecule is COc1cc(C(C)=O)ccc1OCC(=O)N(C)[C@@H]1CCCc2ccccc21. The molecule has 0 spiro atoms. The zero-order chi connectivity index (χ0) is 19.4. The molecule has 0 heterocycles. The highest BCUT2D eigenvalue weighted by molar-refractivity contribution is 5.94. The number of likely N-dealkylation sites (N-methyl/N-ethyl adjacent to an activating group) is 1. The number of nitrogens with zero attached hydrogens (tertiary/aromatic N) is 1. The van der Waals surface area contributed by atoms with Gasteiger partial charge in [-0.05, 0) is 55.5 Å². The van der Waals surface area contributed by atoms with E-state index < -0.39 is 0 Å². The molecular weight excluding hydrogens is 342 g/mol. The van der Waals surface area contributed by atoms with Gasteiger partial charge in [-0.15, -0.1) is 0 Å². The molecule has 5 nitrogen and oxygen atoms in total. The molecule has 0 saturated carbocycles. The highest BCUT2D eigenvalue weighted by Crippen LogP contribution is 2.34. The Hall–Kier alpha value is -2.82. The molecule has 0 bridgehead atoms. The van der Waals surface area contributed by atoms with Crippen molar-refractivity contribution >= 4 is 11.7 Å². The fourth-order valence-electron chi connectivity index (χ4n) is 3.55. The lowest BCUT2D eigenvalue weighted by molar-refractivity contribution is -0.134. The minimum Gasteiger partial charge on any atom is -0.493 e. The highest BCUT2D eigenvalue weighted by Gasteiger charge is 2.26. The Morgan fingerprint density at radius 3 is 2.67 bits per heavy atom. The number of hydrogen-bond acceptors (Lipinski definition) is 4. The van der Waals surface area contributed by atoms with Crippen LogP contribution in [0.5, 0.6) is 11.5 Å². The average molecular weight is 367 g/mol. The minimum absolute atomic E-state index is 0.0494. The molecule has 0 unspecified atom stereocenters. The Morgan fingerprint density at radius 1 is 1.15 bits per heavy atom. The number of aryl methyl sites for hydroxylation is 1. The number of carbonyl (C=O) groups excluding carboxylic acids is 2. The van der Waals surface area contributed by atoms with Gasteiger partial charge in [0.25, 0.3) is 5.91 Å². The third-order valence-electron chi connectivity index (χ3n) is 5.12. The number of hydrogen-bond donors (Lipinski definition) is 0. The summed E-state index contributed by atoms with van der Waals surface area (Å²) in [6, 6.07) is 13.4. The molecule has 5 heteroatoms.